The van der Waals surface area contributed by atoms with Gasteiger partial charge in [0.25, 0.3) is 0 Å². The molecule has 6 heteroatoms. The van der Waals surface area contributed by atoms with Gasteiger partial charge in [-0.05, 0) is 42.0 Å². The summed E-state index contributed by atoms with van der Waals surface area (Å²) in [7, 11) is 1.97. The quantitative estimate of drug-likeness (QED) is 0.717. The molecule has 2 heterocycles. The Morgan fingerprint density at radius 2 is 1.84 bits per heavy atom. The Balaban J connectivity index is 1.59. The topological polar surface area (TPSA) is 27.2 Å². The zero-order valence-electron chi connectivity index (χ0n) is 14.1. The molecule has 0 saturated carbocycles. The van der Waals surface area contributed by atoms with Gasteiger partial charge in [0.1, 0.15) is 6.54 Å². The molecule has 2 aromatic carbocycles. The Hall–Kier alpha value is -1.95. The van der Waals surface area contributed by atoms with Gasteiger partial charge in [0.2, 0.25) is 4.77 Å². The van der Waals surface area contributed by atoms with Crippen LogP contribution in [0.4, 0.5) is 0 Å². The molecule has 1 aliphatic heterocycles. The second-order valence-electron chi connectivity index (χ2n) is 6.53. The molecule has 0 amide bonds. The molecule has 1 aliphatic rings. The van der Waals surface area contributed by atoms with Crippen molar-refractivity contribution in [3.8, 4) is 11.4 Å². The van der Waals surface area contributed by atoms with Crippen molar-refractivity contribution < 1.29 is 4.90 Å². The number of benzene rings is 2. The van der Waals surface area contributed by atoms with Crippen LogP contribution in [0.2, 0.25) is 5.02 Å². The minimum Gasteiger partial charge on any atom is -0.312 e. The van der Waals surface area contributed by atoms with Crippen LogP contribution >= 0.6 is 23.8 Å². The van der Waals surface area contributed by atoms with E-state index in [-0.39, 0.29) is 0 Å². The van der Waals surface area contributed by atoms with Gasteiger partial charge in [-0.15, -0.1) is 5.10 Å². The minimum absolute atomic E-state index is 0.723. The lowest BCUT2D eigenvalue weighted by Gasteiger charge is -2.25. The SMILES string of the molecule is Cn1c(-c2ccc(Cl)cc2)nn(C[NH+]2CCc3ccccc3C2)c1=S. The first-order chi connectivity index (χ1) is 12.1. The Kier molecular flexibility index (Phi) is 4.46. The predicted octanol–water partition coefficient (Wildman–Crippen LogP) is 2.87. The fourth-order valence-corrected chi connectivity index (χ4v) is 3.75. The number of halogens is 1. The highest BCUT2D eigenvalue weighted by Gasteiger charge is 2.21. The van der Waals surface area contributed by atoms with Crippen LogP contribution in [-0.4, -0.2) is 20.9 Å². The number of aromatic nitrogens is 3. The third-order valence-electron chi connectivity index (χ3n) is 4.82. The zero-order chi connectivity index (χ0) is 17.4. The molecular weight excluding hydrogens is 352 g/mol. The fraction of sp³-hybridized carbons (Fsp3) is 0.263. The monoisotopic (exact) mass is 371 g/mol. The molecule has 0 saturated heterocycles. The summed E-state index contributed by atoms with van der Waals surface area (Å²) in [6, 6.07) is 16.4. The van der Waals surface area contributed by atoms with Crippen LogP contribution in [-0.2, 0) is 26.7 Å². The number of rotatable bonds is 3. The van der Waals surface area contributed by atoms with E-state index < -0.39 is 0 Å². The van der Waals surface area contributed by atoms with Crippen LogP contribution in [0.5, 0.6) is 0 Å². The average Bonchev–Trinajstić information content (AvgIpc) is 2.91. The van der Waals surface area contributed by atoms with Crippen molar-refractivity contribution in [1.29, 1.82) is 0 Å². The van der Waals surface area contributed by atoms with E-state index in [4.69, 9.17) is 28.9 Å². The number of nitrogens with zero attached hydrogens (tertiary/aromatic N) is 3. The van der Waals surface area contributed by atoms with E-state index in [1.54, 1.807) is 0 Å². The smallest absolute Gasteiger partial charge is 0.202 e. The number of fused-ring (bicyclic) bond motifs is 1. The van der Waals surface area contributed by atoms with Crippen molar-refractivity contribution in [2.24, 2.45) is 7.05 Å². The molecule has 3 aromatic rings. The summed E-state index contributed by atoms with van der Waals surface area (Å²) in [5.74, 6) is 0.874. The predicted molar refractivity (Wildman–Crippen MR) is 102 cm³/mol. The maximum atomic E-state index is 5.99. The van der Waals surface area contributed by atoms with E-state index in [0.29, 0.717) is 0 Å². The summed E-state index contributed by atoms with van der Waals surface area (Å²) >= 11 is 11.6. The van der Waals surface area contributed by atoms with Crippen LogP contribution in [0, 0.1) is 4.77 Å². The van der Waals surface area contributed by atoms with Crippen molar-refractivity contribution in [2.45, 2.75) is 19.6 Å². The third kappa shape index (κ3) is 3.27. The van der Waals surface area contributed by atoms with E-state index in [2.05, 4.69) is 24.3 Å². The van der Waals surface area contributed by atoms with E-state index in [1.165, 1.54) is 16.0 Å². The molecular formula is C19H20ClN4S+. The highest BCUT2D eigenvalue weighted by molar-refractivity contribution is 7.71. The van der Waals surface area contributed by atoms with Gasteiger partial charge in [-0.3, -0.25) is 0 Å². The number of hydrogen-bond donors (Lipinski definition) is 1. The first kappa shape index (κ1) is 16.5. The highest BCUT2D eigenvalue weighted by Crippen LogP contribution is 2.19. The Morgan fingerprint density at radius 3 is 2.60 bits per heavy atom. The van der Waals surface area contributed by atoms with E-state index in [0.717, 1.165) is 47.4 Å². The molecule has 128 valence electrons. The molecule has 0 fully saturated rings. The van der Waals surface area contributed by atoms with Crippen LogP contribution in [0.15, 0.2) is 48.5 Å². The summed E-state index contributed by atoms with van der Waals surface area (Å²) < 4.78 is 4.66. The van der Waals surface area contributed by atoms with Gasteiger partial charge < -0.3 is 9.47 Å². The minimum atomic E-state index is 0.723. The van der Waals surface area contributed by atoms with Crippen molar-refractivity contribution in [3.05, 3.63) is 69.5 Å². The Bertz CT molecular complexity index is 958. The van der Waals surface area contributed by atoms with E-state index >= 15 is 0 Å². The molecule has 4 nitrogen and oxygen atoms in total. The van der Waals surface area contributed by atoms with Gasteiger partial charge in [0.05, 0.1) is 6.54 Å². The molecule has 0 spiro atoms. The first-order valence-corrected chi connectivity index (χ1v) is 9.20. The lowest BCUT2D eigenvalue weighted by Crippen LogP contribution is -3.11. The van der Waals surface area contributed by atoms with Crippen LogP contribution in [0.3, 0.4) is 0 Å². The largest absolute Gasteiger partial charge is 0.312 e. The van der Waals surface area contributed by atoms with Crippen LogP contribution in [0.25, 0.3) is 11.4 Å². The Morgan fingerprint density at radius 1 is 1.12 bits per heavy atom. The molecule has 1 aromatic heterocycles. The van der Waals surface area contributed by atoms with Gasteiger partial charge in [-0.1, -0.05) is 35.9 Å². The van der Waals surface area contributed by atoms with Gasteiger partial charge >= 0.3 is 0 Å². The summed E-state index contributed by atoms with van der Waals surface area (Å²) in [5, 5.41) is 5.49. The van der Waals surface area contributed by atoms with Crippen molar-refractivity contribution in [2.75, 3.05) is 6.54 Å². The maximum absolute atomic E-state index is 5.99. The second kappa shape index (κ2) is 6.75. The Labute approximate surface area is 157 Å². The van der Waals surface area contributed by atoms with E-state index in [9.17, 15) is 0 Å². The first-order valence-electron chi connectivity index (χ1n) is 8.42. The summed E-state index contributed by atoms with van der Waals surface area (Å²) in [4.78, 5) is 1.48. The molecule has 1 atom stereocenters. The van der Waals surface area contributed by atoms with Crippen molar-refractivity contribution in [3.63, 3.8) is 0 Å². The molecule has 1 N–H and O–H groups in total. The summed E-state index contributed by atoms with van der Waals surface area (Å²) in [6.07, 6.45) is 1.11. The van der Waals surface area contributed by atoms with E-state index in [1.807, 2.05) is 40.6 Å². The molecule has 0 radical (unpaired) electrons. The number of hydrogen-bond acceptors (Lipinski definition) is 2. The van der Waals surface area contributed by atoms with Gasteiger partial charge in [0.15, 0.2) is 12.5 Å². The molecule has 0 aliphatic carbocycles. The van der Waals surface area contributed by atoms with Crippen molar-refractivity contribution in [1.82, 2.24) is 14.3 Å². The summed E-state index contributed by atoms with van der Waals surface area (Å²) in [5.41, 5.74) is 3.93. The van der Waals surface area contributed by atoms with Crippen molar-refractivity contribution >= 4 is 23.8 Å². The lowest BCUT2D eigenvalue weighted by molar-refractivity contribution is -0.939. The lowest BCUT2D eigenvalue weighted by atomic mass is 10.0. The highest BCUT2D eigenvalue weighted by atomic mass is 35.5. The number of quaternary nitrogens is 1. The standard InChI is InChI=1S/C19H19ClN4S/c1-22-18(15-6-8-17(20)9-7-15)21-24(19(22)25)13-23-11-10-14-4-2-3-5-16(14)12-23/h2-9H,10-13H2,1H3/p+1. The zero-order valence-corrected chi connectivity index (χ0v) is 15.6. The van der Waals surface area contributed by atoms with Gasteiger partial charge in [-0.25, -0.2) is 0 Å². The van der Waals surface area contributed by atoms with Crippen LogP contribution in [0.1, 0.15) is 11.1 Å². The van der Waals surface area contributed by atoms with Gasteiger partial charge in [-0.2, -0.15) is 4.68 Å². The fourth-order valence-electron chi connectivity index (χ4n) is 3.43. The summed E-state index contributed by atoms with van der Waals surface area (Å²) in [6.45, 7) is 2.91. The average molecular weight is 372 g/mol. The molecule has 25 heavy (non-hydrogen) atoms. The second-order valence-corrected chi connectivity index (χ2v) is 7.33. The van der Waals surface area contributed by atoms with Gasteiger partial charge in [0, 0.05) is 29.6 Å². The normalized spacial score (nSPS) is 16.6. The molecule has 4 rings (SSSR count). The van der Waals surface area contributed by atoms with Crippen LogP contribution < -0.4 is 4.90 Å². The number of nitrogens with one attached hydrogen (secondary N) is 1. The molecule has 1 unspecified atom stereocenters. The third-order valence-corrected chi connectivity index (χ3v) is 5.56. The molecule has 0 bridgehead atoms. The maximum Gasteiger partial charge on any atom is 0.202 e.